The molecule has 6 nitrogen and oxygen atoms in total. The molecular weight excluding hydrogens is 405 g/mol. The summed E-state index contributed by atoms with van der Waals surface area (Å²) in [5.74, 6) is 0.0548. The lowest BCUT2D eigenvalue weighted by Crippen LogP contribution is -2.22. The van der Waals surface area contributed by atoms with Crippen LogP contribution >= 0.6 is 11.9 Å². The molecule has 0 amide bonds. The smallest absolute Gasteiger partial charge is 0.258 e. The molecule has 1 saturated carbocycles. The Morgan fingerprint density at radius 1 is 1.27 bits per heavy atom. The maximum Gasteiger partial charge on any atom is 0.258 e. The van der Waals surface area contributed by atoms with E-state index in [0.717, 1.165) is 24.7 Å². The number of carbonyl (C=O) groups excluding carboxylic acids is 1. The van der Waals surface area contributed by atoms with Crippen molar-refractivity contribution in [2.75, 3.05) is 16.6 Å². The first kappa shape index (κ1) is 22.2. The lowest BCUT2D eigenvalue weighted by atomic mass is 10.1. The lowest BCUT2D eigenvalue weighted by molar-refractivity contribution is -0.107. The zero-order chi connectivity index (χ0) is 21.9. The highest BCUT2D eigenvalue weighted by Crippen LogP contribution is 2.52. The van der Waals surface area contributed by atoms with Crippen LogP contribution in [0.4, 0.5) is 21.5 Å². The lowest BCUT2D eigenvalue weighted by Gasteiger charge is -2.21. The molecule has 4 rings (SSSR count). The average molecular weight is 434 g/mol. The quantitative estimate of drug-likeness (QED) is 0.476. The van der Waals surface area contributed by atoms with Crippen LogP contribution in [0.15, 0.2) is 23.0 Å². The van der Waals surface area contributed by atoms with Crippen molar-refractivity contribution >= 4 is 35.3 Å². The van der Waals surface area contributed by atoms with E-state index < -0.39 is 0 Å². The van der Waals surface area contributed by atoms with Crippen molar-refractivity contribution in [2.45, 2.75) is 58.2 Å². The maximum atomic E-state index is 14.4. The van der Waals surface area contributed by atoms with Crippen molar-refractivity contribution in [2.24, 2.45) is 0 Å². The van der Waals surface area contributed by atoms with Gasteiger partial charge in [0.15, 0.2) is 0 Å². The van der Waals surface area contributed by atoms with Crippen LogP contribution in [0.1, 0.15) is 44.2 Å². The summed E-state index contributed by atoms with van der Waals surface area (Å²) in [5.41, 5.74) is 2.53. The Kier molecular flexibility index (Phi) is 6.75. The molecule has 0 atom stereocenters. The molecule has 0 saturated heterocycles. The van der Waals surface area contributed by atoms with Crippen LogP contribution in [0.25, 0.3) is 0 Å². The minimum Gasteiger partial charge on any atom is -0.475 e. The molecule has 1 fully saturated rings. The highest BCUT2D eigenvalue weighted by molar-refractivity contribution is 8.02. The van der Waals surface area contributed by atoms with E-state index in [1.807, 2.05) is 26.8 Å². The maximum absolute atomic E-state index is 14.4. The summed E-state index contributed by atoms with van der Waals surface area (Å²) in [4.78, 5) is 23.7. The SMILES string of the molecule is CC.Cc1ccc(Nc2c(NSC3(CC=O)CC3)c3n(c(=O)c2C)CCO3)c(F)c1. The zero-order valence-corrected chi connectivity index (χ0v) is 18.6. The van der Waals surface area contributed by atoms with Crippen LogP contribution in [0.3, 0.4) is 0 Å². The van der Waals surface area contributed by atoms with Crippen molar-refractivity contribution in [3.8, 4) is 5.88 Å². The first-order chi connectivity index (χ1) is 14.4. The first-order valence-corrected chi connectivity index (χ1v) is 11.1. The number of nitrogens with zero attached hydrogens (tertiary/aromatic N) is 1. The van der Waals surface area contributed by atoms with Gasteiger partial charge in [-0.3, -0.25) is 9.36 Å². The number of benzene rings is 1. The van der Waals surface area contributed by atoms with E-state index in [4.69, 9.17) is 4.74 Å². The number of hydrogen-bond donors (Lipinski definition) is 2. The molecule has 1 aliphatic heterocycles. The van der Waals surface area contributed by atoms with E-state index in [2.05, 4.69) is 10.0 Å². The summed E-state index contributed by atoms with van der Waals surface area (Å²) in [5, 5.41) is 3.08. The summed E-state index contributed by atoms with van der Waals surface area (Å²) in [6.45, 7) is 8.43. The van der Waals surface area contributed by atoms with Gasteiger partial charge in [0.25, 0.3) is 5.56 Å². The zero-order valence-electron chi connectivity index (χ0n) is 17.8. The number of aryl methyl sites for hydroxylation is 1. The molecule has 0 bridgehead atoms. The minimum absolute atomic E-state index is 0.117. The van der Waals surface area contributed by atoms with Gasteiger partial charge in [-0.2, -0.15) is 0 Å². The number of anilines is 3. The monoisotopic (exact) mass is 433 g/mol. The van der Waals surface area contributed by atoms with Gasteiger partial charge >= 0.3 is 0 Å². The van der Waals surface area contributed by atoms with Gasteiger partial charge in [0, 0.05) is 16.7 Å². The van der Waals surface area contributed by atoms with E-state index in [9.17, 15) is 14.0 Å². The largest absolute Gasteiger partial charge is 0.475 e. The Morgan fingerprint density at radius 3 is 2.63 bits per heavy atom. The summed E-state index contributed by atoms with van der Waals surface area (Å²) < 4.78 is 24.9. The second-order valence-electron chi connectivity index (χ2n) is 7.35. The third-order valence-corrected chi connectivity index (χ3v) is 6.53. The van der Waals surface area contributed by atoms with Gasteiger partial charge in [-0.1, -0.05) is 19.9 Å². The number of pyridine rings is 1. The molecule has 30 heavy (non-hydrogen) atoms. The average Bonchev–Trinajstić information content (AvgIpc) is 3.32. The molecule has 2 N–H and O–H groups in total. The Bertz CT molecular complexity index is 1000. The van der Waals surface area contributed by atoms with E-state index in [0.29, 0.717) is 42.4 Å². The number of halogens is 1. The number of hydrogen-bond acceptors (Lipinski definition) is 6. The van der Waals surface area contributed by atoms with Gasteiger partial charge < -0.3 is 19.6 Å². The molecule has 0 unspecified atom stereocenters. The molecule has 162 valence electrons. The Labute approximate surface area is 180 Å². The van der Waals surface area contributed by atoms with Crippen LogP contribution in [-0.4, -0.2) is 22.2 Å². The molecule has 2 aliphatic rings. The predicted molar refractivity (Wildman–Crippen MR) is 121 cm³/mol. The van der Waals surface area contributed by atoms with Gasteiger partial charge in [0.2, 0.25) is 5.88 Å². The fraction of sp³-hybridized carbons (Fsp3) is 0.455. The number of ether oxygens (including phenoxy) is 1. The predicted octanol–water partition coefficient (Wildman–Crippen LogP) is 4.95. The van der Waals surface area contributed by atoms with Crippen LogP contribution in [0, 0.1) is 19.7 Å². The van der Waals surface area contributed by atoms with Gasteiger partial charge in [-0.05, 0) is 56.3 Å². The second kappa shape index (κ2) is 9.12. The number of aldehydes is 1. The minimum atomic E-state index is -0.390. The van der Waals surface area contributed by atoms with Crippen molar-refractivity contribution in [1.29, 1.82) is 0 Å². The van der Waals surface area contributed by atoms with Gasteiger partial charge in [0.1, 0.15) is 24.4 Å². The van der Waals surface area contributed by atoms with Crippen LogP contribution < -0.4 is 20.3 Å². The third-order valence-electron chi connectivity index (χ3n) is 5.22. The third kappa shape index (κ3) is 4.33. The molecule has 2 heterocycles. The van der Waals surface area contributed by atoms with Gasteiger partial charge in [0.05, 0.1) is 17.9 Å². The number of aromatic nitrogens is 1. The van der Waals surface area contributed by atoms with E-state index in [-0.39, 0.29) is 21.8 Å². The number of carbonyl (C=O) groups is 1. The Morgan fingerprint density at radius 2 is 2.00 bits per heavy atom. The molecular formula is C22H28FN3O3S. The summed E-state index contributed by atoms with van der Waals surface area (Å²) in [7, 11) is 0. The van der Waals surface area contributed by atoms with E-state index >= 15 is 0 Å². The Balaban J connectivity index is 0.00000124. The summed E-state index contributed by atoms with van der Waals surface area (Å²) in [6, 6.07) is 4.91. The topological polar surface area (TPSA) is 72.4 Å². The molecule has 0 radical (unpaired) electrons. The van der Waals surface area contributed by atoms with Crippen molar-refractivity contribution < 1.29 is 13.9 Å². The molecule has 1 aromatic heterocycles. The second-order valence-corrected chi connectivity index (χ2v) is 8.63. The van der Waals surface area contributed by atoms with Crippen LogP contribution in [0.5, 0.6) is 5.88 Å². The fourth-order valence-electron chi connectivity index (χ4n) is 3.32. The molecule has 1 aromatic carbocycles. The molecule has 8 heteroatoms. The van der Waals surface area contributed by atoms with Crippen molar-refractivity contribution in [1.82, 2.24) is 4.57 Å². The number of nitrogens with one attached hydrogen (secondary N) is 2. The van der Waals surface area contributed by atoms with Crippen LogP contribution in [-0.2, 0) is 11.3 Å². The standard InChI is InChI=1S/C20H22FN3O3S.C2H6/c1-12-3-4-15(14(21)11-12)22-16-13(2)18(26)24-8-10-27-19(24)17(16)23-28-20(5-6-20)7-9-25;1-2/h3-4,9,11,22-23H,5-8,10H2,1-2H3;1-2H3. The number of fused-ring (bicyclic) bond motifs is 1. The van der Waals surface area contributed by atoms with E-state index in [1.165, 1.54) is 18.0 Å². The molecule has 1 aliphatic carbocycles. The van der Waals surface area contributed by atoms with Crippen molar-refractivity contribution in [3.63, 3.8) is 0 Å². The van der Waals surface area contributed by atoms with Crippen LogP contribution in [0.2, 0.25) is 0 Å². The summed E-state index contributed by atoms with van der Waals surface area (Å²) >= 11 is 1.47. The number of rotatable bonds is 7. The van der Waals surface area contributed by atoms with Crippen molar-refractivity contribution in [3.05, 3.63) is 45.5 Å². The normalized spacial score (nSPS) is 15.4. The Hall–Kier alpha value is -2.48. The van der Waals surface area contributed by atoms with Gasteiger partial charge in [-0.25, -0.2) is 4.39 Å². The fourth-order valence-corrected chi connectivity index (χ4v) is 4.29. The highest BCUT2D eigenvalue weighted by Gasteiger charge is 2.44. The first-order valence-electron chi connectivity index (χ1n) is 10.3. The molecule has 0 spiro atoms. The van der Waals surface area contributed by atoms with Gasteiger partial charge in [-0.15, -0.1) is 0 Å². The van der Waals surface area contributed by atoms with E-state index in [1.54, 1.807) is 17.6 Å². The molecule has 2 aromatic rings. The summed E-state index contributed by atoms with van der Waals surface area (Å²) in [6.07, 6.45) is 3.31. The highest BCUT2D eigenvalue weighted by atomic mass is 32.2.